The van der Waals surface area contributed by atoms with Gasteiger partial charge in [-0.1, -0.05) is 32.8 Å². The second-order valence-electron chi connectivity index (χ2n) is 2.85. The van der Waals surface area contributed by atoms with Crippen molar-refractivity contribution >= 4 is 13.9 Å². The lowest BCUT2D eigenvalue weighted by atomic mass is 10.1. The van der Waals surface area contributed by atoms with E-state index in [9.17, 15) is 0 Å². The lowest BCUT2D eigenvalue weighted by Crippen LogP contribution is -2.18. The minimum atomic E-state index is 0.466. The van der Waals surface area contributed by atoms with Crippen LogP contribution >= 0.6 is 8.58 Å². The van der Waals surface area contributed by atoms with Gasteiger partial charge in [-0.15, -0.1) is 0 Å². The van der Waals surface area contributed by atoms with Crippen LogP contribution in [0.1, 0.15) is 18.5 Å². The maximum Gasteiger partial charge on any atom is 0.0295 e. The molecule has 0 fully saturated rings. The Balaban J connectivity index is 2.96. The van der Waals surface area contributed by atoms with Crippen molar-refractivity contribution in [2.75, 3.05) is 13.7 Å². The van der Waals surface area contributed by atoms with Gasteiger partial charge in [-0.3, -0.25) is 0 Å². The van der Waals surface area contributed by atoms with Crippen molar-refractivity contribution in [2.45, 2.75) is 13.0 Å². The van der Waals surface area contributed by atoms with Gasteiger partial charge in [-0.2, -0.15) is 0 Å². The number of hydrogen-bond acceptors (Lipinski definition) is 1. The molecule has 0 amide bonds. The van der Waals surface area contributed by atoms with Crippen LogP contribution in [0.4, 0.5) is 0 Å². The molecule has 1 unspecified atom stereocenters. The van der Waals surface area contributed by atoms with Crippen LogP contribution in [-0.4, -0.2) is 13.7 Å². The maximum absolute atomic E-state index is 3.26. The van der Waals surface area contributed by atoms with Crippen molar-refractivity contribution in [1.29, 1.82) is 0 Å². The third kappa shape index (κ3) is 2.06. The number of nitrogens with one attached hydrogen (secondary N) is 1. The molecule has 0 heterocycles. The molecule has 1 aromatic carbocycles. The van der Waals surface area contributed by atoms with Crippen molar-refractivity contribution < 1.29 is 0 Å². The lowest BCUT2D eigenvalue weighted by Gasteiger charge is -2.14. The van der Waals surface area contributed by atoms with E-state index >= 15 is 0 Å². The van der Waals surface area contributed by atoms with Gasteiger partial charge >= 0.3 is 0 Å². The molecule has 0 aliphatic heterocycles. The van der Waals surface area contributed by atoms with E-state index in [-0.39, 0.29) is 0 Å². The Kier molecular flexibility index (Phi) is 3.71. The maximum atomic E-state index is 3.26. The zero-order valence-corrected chi connectivity index (χ0v) is 8.89. The Labute approximate surface area is 76.4 Å². The quantitative estimate of drug-likeness (QED) is 0.702. The first kappa shape index (κ1) is 9.70. The fourth-order valence-corrected chi connectivity index (χ4v) is 2.11. The van der Waals surface area contributed by atoms with Gasteiger partial charge in [0, 0.05) is 6.04 Å². The lowest BCUT2D eigenvalue weighted by molar-refractivity contribution is 0.656. The summed E-state index contributed by atoms with van der Waals surface area (Å²) in [5.41, 5.74) is 1.43. The Morgan fingerprint density at radius 1 is 1.33 bits per heavy atom. The van der Waals surface area contributed by atoms with Gasteiger partial charge in [0.25, 0.3) is 0 Å². The molecule has 1 aromatic rings. The molecule has 0 radical (unpaired) electrons. The molecule has 1 nitrogen and oxygen atoms in total. The van der Waals surface area contributed by atoms with Crippen molar-refractivity contribution in [1.82, 2.24) is 5.32 Å². The van der Waals surface area contributed by atoms with Crippen LogP contribution in [-0.2, 0) is 0 Å². The smallest absolute Gasteiger partial charge is 0.0295 e. The van der Waals surface area contributed by atoms with Gasteiger partial charge < -0.3 is 5.32 Å². The molecule has 2 atom stereocenters. The molecule has 0 aliphatic carbocycles. The van der Waals surface area contributed by atoms with Crippen LogP contribution in [0.25, 0.3) is 0 Å². The molecule has 0 spiro atoms. The van der Waals surface area contributed by atoms with Gasteiger partial charge in [0.05, 0.1) is 0 Å². The Morgan fingerprint density at radius 3 is 2.58 bits per heavy atom. The first-order chi connectivity index (χ1) is 5.79. The third-order valence-electron chi connectivity index (χ3n) is 2.13. The summed E-state index contributed by atoms with van der Waals surface area (Å²) in [4.78, 5) is 0. The Bertz CT molecular complexity index is 247. The van der Waals surface area contributed by atoms with Gasteiger partial charge in [0.2, 0.25) is 0 Å². The monoisotopic (exact) mass is 181 g/mol. The highest BCUT2D eigenvalue weighted by molar-refractivity contribution is 7.46. The normalized spacial score (nSPS) is 13.9. The van der Waals surface area contributed by atoms with E-state index in [1.54, 1.807) is 0 Å². The van der Waals surface area contributed by atoms with Crippen LogP contribution in [0, 0.1) is 0 Å². The topological polar surface area (TPSA) is 12.0 Å². The third-order valence-corrected chi connectivity index (χ3v) is 3.12. The van der Waals surface area contributed by atoms with Gasteiger partial charge in [-0.25, -0.2) is 0 Å². The summed E-state index contributed by atoms with van der Waals surface area (Å²) in [7, 11) is 2.88. The summed E-state index contributed by atoms with van der Waals surface area (Å²) >= 11 is 0. The molecule has 66 valence electrons. The highest BCUT2D eigenvalue weighted by Gasteiger charge is 2.05. The molecular formula is C10H16NP. The van der Waals surface area contributed by atoms with E-state index in [0.717, 1.165) is 8.58 Å². The Morgan fingerprint density at radius 2 is 2.00 bits per heavy atom. The highest BCUT2D eigenvalue weighted by atomic mass is 31.1. The van der Waals surface area contributed by atoms with E-state index in [1.165, 1.54) is 10.9 Å². The predicted octanol–water partition coefficient (Wildman–Crippen LogP) is 1.90. The average Bonchev–Trinajstić information content (AvgIpc) is 2.16. The minimum absolute atomic E-state index is 0.466. The summed E-state index contributed by atoms with van der Waals surface area (Å²) in [6.45, 7) is 4.42. The van der Waals surface area contributed by atoms with E-state index in [1.807, 2.05) is 7.05 Å². The zero-order valence-electron chi connectivity index (χ0n) is 7.89. The molecule has 0 aliphatic rings. The standard InChI is InChI=1S/C10H16NP/c1-8(11-2)9-6-4-5-7-10(9)12-3/h4-8,11-12H,1-3H3/t8-/m1/s1. The number of hydrogen-bond donors (Lipinski definition) is 1. The van der Waals surface area contributed by atoms with Crippen LogP contribution < -0.4 is 10.6 Å². The van der Waals surface area contributed by atoms with Crippen LogP contribution in [0.5, 0.6) is 0 Å². The molecule has 1 N–H and O–H groups in total. The molecule has 0 saturated carbocycles. The van der Waals surface area contributed by atoms with Gasteiger partial charge in [-0.05, 0) is 31.5 Å². The molecule has 2 heteroatoms. The summed E-state index contributed by atoms with van der Waals surface area (Å²) in [5.74, 6) is 0. The Hall–Kier alpha value is -0.390. The van der Waals surface area contributed by atoms with Crippen molar-refractivity contribution in [3.63, 3.8) is 0 Å². The molecule has 12 heavy (non-hydrogen) atoms. The van der Waals surface area contributed by atoms with E-state index in [4.69, 9.17) is 0 Å². The molecule has 0 aromatic heterocycles. The molecular weight excluding hydrogens is 165 g/mol. The second-order valence-corrected chi connectivity index (χ2v) is 3.89. The summed E-state index contributed by atoms with van der Waals surface area (Å²) in [5, 5.41) is 4.73. The highest BCUT2D eigenvalue weighted by Crippen LogP contribution is 2.15. The molecule has 0 bridgehead atoms. The van der Waals surface area contributed by atoms with Crippen molar-refractivity contribution in [2.24, 2.45) is 0 Å². The number of benzene rings is 1. The van der Waals surface area contributed by atoms with Crippen LogP contribution in [0.2, 0.25) is 0 Å². The number of rotatable bonds is 3. The fourth-order valence-electron chi connectivity index (χ4n) is 1.26. The molecule has 0 saturated heterocycles. The van der Waals surface area contributed by atoms with Gasteiger partial charge in [0.15, 0.2) is 0 Å². The zero-order chi connectivity index (χ0) is 8.97. The van der Waals surface area contributed by atoms with Crippen LogP contribution in [0.15, 0.2) is 24.3 Å². The van der Waals surface area contributed by atoms with E-state index in [2.05, 4.69) is 43.2 Å². The predicted molar refractivity (Wildman–Crippen MR) is 57.8 cm³/mol. The molecule has 1 rings (SSSR count). The summed E-state index contributed by atoms with van der Waals surface area (Å²) < 4.78 is 0. The summed E-state index contributed by atoms with van der Waals surface area (Å²) in [6, 6.07) is 9.09. The van der Waals surface area contributed by atoms with Crippen molar-refractivity contribution in [3.05, 3.63) is 29.8 Å². The van der Waals surface area contributed by atoms with Gasteiger partial charge in [0.1, 0.15) is 0 Å². The SMILES string of the molecule is CN[C@H](C)c1ccccc1PC. The second kappa shape index (κ2) is 4.59. The summed E-state index contributed by atoms with van der Waals surface area (Å²) in [6.07, 6.45) is 0. The minimum Gasteiger partial charge on any atom is -0.313 e. The van der Waals surface area contributed by atoms with Crippen molar-refractivity contribution in [3.8, 4) is 0 Å². The van der Waals surface area contributed by atoms with Crippen LogP contribution in [0.3, 0.4) is 0 Å². The first-order valence-corrected chi connectivity index (χ1v) is 5.73. The average molecular weight is 181 g/mol. The largest absolute Gasteiger partial charge is 0.313 e. The first-order valence-electron chi connectivity index (χ1n) is 4.23. The van der Waals surface area contributed by atoms with E-state index in [0.29, 0.717) is 6.04 Å². The van der Waals surface area contributed by atoms with E-state index < -0.39 is 0 Å². The fraction of sp³-hybridized carbons (Fsp3) is 0.400.